The van der Waals surface area contributed by atoms with Gasteiger partial charge in [0.05, 0.1) is 24.9 Å². The van der Waals surface area contributed by atoms with E-state index in [1.54, 1.807) is 11.3 Å². The molecule has 2 fully saturated rings. The summed E-state index contributed by atoms with van der Waals surface area (Å²) >= 11 is 1.77. The van der Waals surface area contributed by atoms with Crippen LogP contribution in [0.15, 0.2) is 11.4 Å². The molecule has 0 saturated carbocycles. The Morgan fingerprint density at radius 3 is 3.19 bits per heavy atom. The van der Waals surface area contributed by atoms with Gasteiger partial charge in [-0.2, -0.15) is 0 Å². The topological polar surface area (TPSA) is 59.6 Å². The van der Waals surface area contributed by atoms with Crippen molar-refractivity contribution in [2.24, 2.45) is 0 Å². The molecule has 0 radical (unpaired) electrons. The average molecular weight is 308 g/mol. The number of urea groups is 1. The Hall–Kier alpha value is -1.11. The van der Waals surface area contributed by atoms with Gasteiger partial charge >= 0.3 is 6.03 Å². The zero-order valence-corrected chi connectivity index (χ0v) is 12.7. The first-order valence-electron chi connectivity index (χ1n) is 7.67. The number of nitrogens with one attached hydrogen (secondary N) is 2. The highest BCUT2D eigenvalue weighted by molar-refractivity contribution is 7.10. The van der Waals surface area contributed by atoms with Crippen molar-refractivity contribution in [3.63, 3.8) is 0 Å². The fourth-order valence-corrected chi connectivity index (χ4v) is 4.50. The summed E-state index contributed by atoms with van der Waals surface area (Å²) < 4.78 is 11.5. The van der Waals surface area contributed by atoms with Crippen molar-refractivity contribution in [2.45, 2.75) is 50.0 Å². The van der Waals surface area contributed by atoms with E-state index in [1.165, 1.54) is 10.4 Å². The minimum Gasteiger partial charge on any atom is -0.373 e. The second kappa shape index (κ2) is 5.59. The van der Waals surface area contributed by atoms with Gasteiger partial charge in [-0.25, -0.2) is 4.79 Å². The van der Waals surface area contributed by atoms with Crippen LogP contribution in [0.25, 0.3) is 0 Å². The van der Waals surface area contributed by atoms with Crippen LogP contribution in [0.1, 0.15) is 35.8 Å². The maximum Gasteiger partial charge on any atom is 0.315 e. The predicted molar refractivity (Wildman–Crippen MR) is 79.6 cm³/mol. The lowest BCUT2D eigenvalue weighted by Gasteiger charge is -2.25. The number of amides is 2. The minimum atomic E-state index is -0.109. The van der Waals surface area contributed by atoms with Crippen LogP contribution in [-0.2, 0) is 15.9 Å². The van der Waals surface area contributed by atoms with E-state index in [0.29, 0.717) is 12.6 Å². The van der Waals surface area contributed by atoms with E-state index in [0.717, 1.165) is 32.3 Å². The van der Waals surface area contributed by atoms with Crippen molar-refractivity contribution in [3.05, 3.63) is 21.9 Å². The summed E-state index contributed by atoms with van der Waals surface area (Å²) in [5.41, 5.74) is 1.23. The molecule has 21 heavy (non-hydrogen) atoms. The number of fused-ring (bicyclic) bond motifs is 3. The van der Waals surface area contributed by atoms with E-state index in [-0.39, 0.29) is 24.3 Å². The summed E-state index contributed by atoms with van der Waals surface area (Å²) in [6.07, 6.45) is 4.71. The third-order valence-electron chi connectivity index (χ3n) is 4.65. The smallest absolute Gasteiger partial charge is 0.315 e. The molecule has 2 amide bonds. The van der Waals surface area contributed by atoms with E-state index < -0.39 is 0 Å². The molecule has 114 valence electrons. The molecular formula is C15H20N2O3S. The number of rotatable bonds is 3. The van der Waals surface area contributed by atoms with Gasteiger partial charge in [-0.05, 0) is 36.3 Å². The summed E-state index contributed by atoms with van der Waals surface area (Å²) in [6.45, 7) is 1.26. The molecule has 2 N–H and O–H groups in total. The van der Waals surface area contributed by atoms with E-state index in [9.17, 15) is 4.79 Å². The molecule has 0 spiro atoms. The molecule has 0 aromatic carbocycles. The molecule has 0 aliphatic carbocycles. The van der Waals surface area contributed by atoms with Gasteiger partial charge in [-0.1, -0.05) is 0 Å². The maximum absolute atomic E-state index is 12.0. The summed E-state index contributed by atoms with van der Waals surface area (Å²) in [5, 5.41) is 8.08. The van der Waals surface area contributed by atoms with Gasteiger partial charge in [0.1, 0.15) is 6.10 Å². The molecule has 5 nitrogen and oxygen atoms in total. The van der Waals surface area contributed by atoms with Crippen molar-refractivity contribution in [1.82, 2.24) is 10.6 Å². The molecule has 3 aliphatic heterocycles. The predicted octanol–water partition coefficient (Wildman–Crippen LogP) is 1.98. The van der Waals surface area contributed by atoms with Crippen LogP contribution in [0.3, 0.4) is 0 Å². The van der Waals surface area contributed by atoms with E-state index in [2.05, 4.69) is 22.1 Å². The van der Waals surface area contributed by atoms with Gasteiger partial charge in [0.15, 0.2) is 0 Å². The molecular weight excluding hydrogens is 288 g/mol. The number of carbonyl (C=O) groups is 1. The van der Waals surface area contributed by atoms with E-state index in [4.69, 9.17) is 9.47 Å². The standard InChI is InChI=1S/C15H20N2O3S/c18-15(17-11-7-9-1-2-12(11)20-9)16-8-13-10-4-6-21-14(10)3-5-19-13/h4,6,9,11-13H,1-3,5,7-8H2,(H2,16,17,18)/t9-,11-,12-,13+/m1/s1. The first kappa shape index (κ1) is 13.5. The first-order chi connectivity index (χ1) is 10.3. The maximum atomic E-state index is 12.0. The minimum absolute atomic E-state index is 0.0120. The van der Waals surface area contributed by atoms with Crippen molar-refractivity contribution in [3.8, 4) is 0 Å². The molecule has 1 aromatic heterocycles. The first-order valence-corrected chi connectivity index (χ1v) is 8.55. The second-order valence-electron chi connectivity index (χ2n) is 5.98. The fraction of sp³-hybridized carbons (Fsp3) is 0.667. The number of hydrogen-bond acceptors (Lipinski definition) is 4. The van der Waals surface area contributed by atoms with Crippen LogP contribution >= 0.6 is 11.3 Å². The van der Waals surface area contributed by atoms with E-state index in [1.807, 2.05) is 0 Å². The fourth-order valence-electron chi connectivity index (χ4n) is 3.59. The molecule has 1 aromatic rings. The summed E-state index contributed by atoms with van der Waals surface area (Å²) in [6, 6.07) is 2.17. The van der Waals surface area contributed by atoms with Crippen LogP contribution in [0.4, 0.5) is 4.79 Å². The quantitative estimate of drug-likeness (QED) is 0.897. The monoisotopic (exact) mass is 308 g/mol. The average Bonchev–Trinajstić information content (AvgIpc) is 3.20. The van der Waals surface area contributed by atoms with Crippen LogP contribution < -0.4 is 10.6 Å². The third-order valence-corrected chi connectivity index (χ3v) is 5.64. The zero-order chi connectivity index (χ0) is 14.2. The zero-order valence-electron chi connectivity index (χ0n) is 11.8. The number of thiophene rings is 1. The van der Waals surface area contributed by atoms with Crippen LogP contribution in [0.2, 0.25) is 0 Å². The SMILES string of the molecule is O=C(NC[C@@H]1OCCc2sccc21)N[C@@H]1C[C@H]2CC[C@H]1O2. The molecule has 6 heteroatoms. The number of carbonyl (C=O) groups excluding carboxylic acids is 1. The molecule has 4 heterocycles. The van der Waals surface area contributed by atoms with Crippen LogP contribution in [-0.4, -0.2) is 37.4 Å². The summed E-state index contributed by atoms with van der Waals surface area (Å²) in [4.78, 5) is 13.4. The highest BCUT2D eigenvalue weighted by Crippen LogP contribution is 2.34. The molecule has 4 atom stereocenters. The van der Waals surface area contributed by atoms with Gasteiger partial charge in [-0.15, -0.1) is 11.3 Å². The summed E-state index contributed by atoms with van der Waals surface area (Å²) in [5.74, 6) is 0. The van der Waals surface area contributed by atoms with E-state index >= 15 is 0 Å². The van der Waals surface area contributed by atoms with Gasteiger partial charge < -0.3 is 20.1 Å². The molecule has 0 unspecified atom stereocenters. The summed E-state index contributed by atoms with van der Waals surface area (Å²) in [7, 11) is 0. The van der Waals surface area contributed by atoms with Crippen LogP contribution in [0.5, 0.6) is 0 Å². The van der Waals surface area contributed by atoms with Gasteiger partial charge in [-0.3, -0.25) is 0 Å². The molecule has 4 rings (SSSR count). The number of hydrogen-bond donors (Lipinski definition) is 2. The van der Waals surface area contributed by atoms with Crippen LogP contribution in [0, 0.1) is 0 Å². The Morgan fingerprint density at radius 2 is 2.38 bits per heavy atom. The second-order valence-corrected chi connectivity index (χ2v) is 6.98. The Labute approximate surface area is 128 Å². The largest absolute Gasteiger partial charge is 0.373 e. The molecule has 2 saturated heterocycles. The number of ether oxygens (including phenoxy) is 2. The molecule has 3 aliphatic rings. The van der Waals surface area contributed by atoms with Crippen molar-refractivity contribution < 1.29 is 14.3 Å². The van der Waals surface area contributed by atoms with Crippen molar-refractivity contribution >= 4 is 17.4 Å². The lowest BCUT2D eigenvalue weighted by molar-refractivity contribution is 0.0452. The normalized spacial score (nSPS) is 33.7. The Morgan fingerprint density at radius 1 is 1.43 bits per heavy atom. The highest BCUT2D eigenvalue weighted by atomic mass is 32.1. The molecule has 2 bridgehead atoms. The Bertz CT molecular complexity index is 533. The Kier molecular flexibility index (Phi) is 3.61. The highest BCUT2D eigenvalue weighted by Gasteiger charge is 2.41. The van der Waals surface area contributed by atoms with Gasteiger partial charge in [0.25, 0.3) is 0 Å². The lowest BCUT2D eigenvalue weighted by Crippen LogP contribution is -2.47. The Balaban J connectivity index is 1.29. The van der Waals surface area contributed by atoms with Gasteiger partial charge in [0, 0.05) is 17.8 Å². The van der Waals surface area contributed by atoms with Gasteiger partial charge in [0.2, 0.25) is 0 Å². The lowest BCUT2D eigenvalue weighted by atomic mass is 9.96. The third kappa shape index (κ3) is 2.67. The van der Waals surface area contributed by atoms with Crippen molar-refractivity contribution in [1.29, 1.82) is 0 Å². The van der Waals surface area contributed by atoms with Crippen molar-refractivity contribution in [2.75, 3.05) is 13.2 Å².